The second-order valence-electron chi connectivity index (χ2n) is 6.19. The smallest absolute Gasteiger partial charge is 0.188 e. The van der Waals surface area contributed by atoms with Gasteiger partial charge in [0, 0.05) is 5.92 Å². The fourth-order valence-electron chi connectivity index (χ4n) is 2.39. The molecule has 2 atom stereocenters. The monoisotopic (exact) mass is 320 g/mol. The van der Waals surface area contributed by atoms with E-state index in [0.717, 1.165) is 24.0 Å². The SMILES string of the molecule is CCCCCC[C@H](O)[C@@H](C)/C(C)=C/OCOCc1ccccc1. The van der Waals surface area contributed by atoms with E-state index in [2.05, 4.69) is 6.92 Å². The summed E-state index contributed by atoms with van der Waals surface area (Å²) in [6.07, 6.45) is 7.04. The Hall–Kier alpha value is -1.32. The molecule has 0 aliphatic carbocycles. The van der Waals surface area contributed by atoms with Gasteiger partial charge in [0.1, 0.15) is 0 Å². The lowest BCUT2D eigenvalue weighted by Gasteiger charge is -2.19. The lowest BCUT2D eigenvalue weighted by Crippen LogP contribution is -2.18. The van der Waals surface area contributed by atoms with Crippen molar-refractivity contribution in [1.29, 1.82) is 0 Å². The Kier molecular flexibility index (Phi) is 10.4. The van der Waals surface area contributed by atoms with Crippen molar-refractivity contribution in [2.75, 3.05) is 6.79 Å². The average molecular weight is 320 g/mol. The lowest BCUT2D eigenvalue weighted by molar-refractivity contribution is -0.0222. The first-order valence-electron chi connectivity index (χ1n) is 8.73. The van der Waals surface area contributed by atoms with Crippen LogP contribution in [0, 0.1) is 5.92 Å². The van der Waals surface area contributed by atoms with Gasteiger partial charge in [-0.05, 0) is 24.5 Å². The Bertz CT molecular complexity index is 428. The van der Waals surface area contributed by atoms with E-state index in [1.165, 1.54) is 19.3 Å². The molecular formula is C20H32O3. The molecule has 0 saturated heterocycles. The van der Waals surface area contributed by atoms with E-state index in [-0.39, 0.29) is 18.8 Å². The number of aliphatic hydroxyl groups is 1. The van der Waals surface area contributed by atoms with E-state index in [0.29, 0.717) is 6.61 Å². The molecule has 0 radical (unpaired) electrons. The van der Waals surface area contributed by atoms with Crippen molar-refractivity contribution in [3.63, 3.8) is 0 Å². The molecule has 0 spiro atoms. The van der Waals surface area contributed by atoms with Gasteiger partial charge < -0.3 is 14.6 Å². The molecule has 0 bridgehead atoms. The van der Waals surface area contributed by atoms with Gasteiger partial charge in [0.15, 0.2) is 6.79 Å². The summed E-state index contributed by atoms with van der Waals surface area (Å²) in [7, 11) is 0. The molecule has 0 unspecified atom stereocenters. The predicted molar refractivity (Wildman–Crippen MR) is 94.9 cm³/mol. The van der Waals surface area contributed by atoms with E-state index in [4.69, 9.17) is 9.47 Å². The topological polar surface area (TPSA) is 38.7 Å². The first kappa shape index (κ1) is 19.7. The largest absolute Gasteiger partial charge is 0.475 e. The van der Waals surface area contributed by atoms with E-state index in [9.17, 15) is 5.11 Å². The molecule has 0 aliphatic heterocycles. The summed E-state index contributed by atoms with van der Waals surface area (Å²) in [5.74, 6) is 0.116. The number of ether oxygens (including phenoxy) is 2. The Balaban J connectivity index is 2.19. The Morgan fingerprint density at radius 1 is 1.17 bits per heavy atom. The van der Waals surface area contributed by atoms with Crippen molar-refractivity contribution in [2.24, 2.45) is 5.92 Å². The number of unbranched alkanes of at least 4 members (excludes halogenated alkanes) is 3. The summed E-state index contributed by atoms with van der Waals surface area (Å²) in [4.78, 5) is 0. The van der Waals surface area contributed by atoms with E-state index in [1.807, 2.05) is 44.2 Å². The minimum absolute atomic E-state index is 0.116. The van der Waals surface area contributed by atoms with Gasteiger partial charge >= 0.3 is 0 Å². The van der Waals surface area contributed by atoms with Crippen LogP contribution in [0.4, 0.5) is 0 Å². The number of hydrogen-bond acceptors (Lipinski definition) is 3. The fraction of sp³-hybridized carbons (Fsp3) is 0.600. The third-order valence-corrected chi connectivity index (χ3v) is 4.18. The van der Waals surface area contributed by atoms with Crippen LogP contribution < -0.4 is 0 Å². The minimum Gasteiger partial charge on any atom is -0.475 e. The highest BCUT2D eigenvalue weighted by atomic mass is 16.7. The van der Waals surface area contributed by atoms with Crippen LogP contribution in [0.1, 0.15) is 58.4 Å². The van der Waals surface area contributed by atoms with E-state index in [1.54, 1.807) is 6.26 Å². The highest BCUT2D eigenvalue weighted by Crippen LogP contribution is 2.19. The Labute approximate surface area is 141 Å². The van der Waals surface area contributed by atoms with Gasteiger partial charge in [-0.2, -0.15) is 0 Å². The molecule has 0 heterocycles. The maximum Gasteiger partial charge on any atom is 0.188 e. The molecule has 0 aromatic heterocycles. The van der Waals surface area contributed by atoms with Crippen LogP contribution in [0.25, 0.3) is 0 Å². The first-order valence-corrected chi connectivity index (χ1v) is 8.73. The van der Waals surface area contributed by atoms with E-state index < -0.39 is 0 Å². The van der Waals surface area contributed by atoms with Crippen molar-refractivity contribution in [2.45, 2.75) is 65.6 Å². The summed E-state index contributed by atoms with van der Waals surface area (Å²) in [6, 6.07) is 10.0. The van der Waals surface area contributed by atoms with Crippen LogP contribution in [-0.2, 0) is 16.1 Å². The first-order chi connectivity index (χ1) is 11.1. The second-order valence-corrected chi connectivity index (χ2v) is 6.19. The molecule has 1 aromatic carbocycles. The van der Waals surface area contributed by atoms with Crippen molar-refractivity contribution in [3.05, 3.63) is 47.7 Å². The summed E-state index contributed by atoms with van der Waals surface area (Å²) < 4.78 is 10.9. The van der Waals surface area contributed by atoms with Crippen LogP contribution in [0.5, 0.6) is 0 Å². The predicted octanol–water partition coefficient (Wildman–Crippen LogP) is 5.05. The zero-order valence-corrected chi connectivity index (χ0v) is 14.8. The number of benzene rings is 1. The number of aliphatic hydroxyl groups excluding tert-OH is 1. The molecular weight excluding hydrogens is 288 g/mol. The van der Waals surface area contributed by atoms with Crippen LogP contribution in [0.3, 0.4) is 0 Å². The van der Waals surface area contributed by atoms with Gasteiger partial charge in [-0.1, -0.05) is 69.9 Å². The van der Waals surface area contributed by atoms with Crippen LogP contribution in [0.2, 0.25) is 0 Å². The Morgan fingerprint density at radius 2 is 1.91 bits per heavy atom. The molecule has 1 aromatic rings. The number of rotatable bonds is 12. The van der Waals surface area contributed by atoms with Crippen molar-refractivity contribution >= 4 is 0 Å². The van der Waals surface area contributed by atoms with Crippen molar-refractivity contribution in [1.82, 2.24) is 0 Å². The molecule has 3 heteroatoms. The summed E-state index contributed by atoms with van der Waals surface area (Å²) in [5, 5.41) is 10.2. The van der Waals surface area contributed by atoms with E-state index >= 15 is 0 Å². The molecule has 1 rings (SSSR count). The van der Waals surface area contributed by atoms with Gasteiger partial charge in [0.2, 0.25) is 0 Å². The molecule has 0 fully saturated rings. The zero-order chi connectivity index (χ0) is 16.9. The van der Waals surface area contributed by atoms with Gasteiger partial charge in [0.25, 0.3) is 0 Å². The molecule has 1 N–H and O–H groups in total. The standard InChI is InChI=1S/C20H32O3/c1-4-5-6-10-13-20(21)18(3)17(2)14-22-16-23-15-19-11-8-7-9-12-19/h7-9,11-12,14,18,20-21H,4-6,10,13,15-16H2,1-3H3/b17-14+/t18-,20-/m0/s1. The van der Waals surface area contributed by atoms with Crippen LogP contribution in [0.15, 0.2) is 42.2 Å². The molecule has 0 saturated carbocycles. The summed E-state index contributed by atoms with van der Waals surface area (Å²) >= 11 is 0. The van der Waals surface area contributed by atoms with Crippen molar-refractivity contribution < 1.29 is 14.6 Å². The van der Waals surface area contributed by atoms with Gasteiger partial charge in [-0.25, -0.2) is 0 Å². The average Bonchev–Trinajstić information content (AvgIpc) is 2.58. The summed E-state index contributed by atoms with van der Waals surface area (Å²) in [6.45, 7) is 7.01. The normalized spacial score (nSPS) is 14.5. The Morgan fingerprint density at radius 3 is 2.61 bits per heavy atom. The molecule has 130 valence electrons. The maximum atomic E-state index is 10.2. The second kappa shape index (κ2) is 12.1. The highest BCUT2D eigenvalue weighted by molar-refractivity contribution is 5.13. The van der Waals surface area contributed by atoms with Crippen molar-refractivity contribution in [3.8, 4) is 0 Å². The molecule has 3 nitrogen and oxygen atoms in total. The molecule has 0 amide bonds. The lowest BCUT2D eigenvalue weighted by atomic mass is 9.93. The third-order valence-electron chi connectivity index (χ3n) is 4.18. The van der Waals surface area contributed by atoms with Gasteiger partial charge in [-0.3, -0.25) is 0 Å². The fourth-order valence-corrected chi connectivity index (χ4v) is 2.39. The minimum atomic E-state index is -0.294. The zero-order valence-electron chi connectivity index (χ0n) is 14.8. The highest BCUT2D eigenvalue weighted by Gasteiger charge is 2.15. The third kappa shape index (κ3) is 8.77. The maximum absolute atomic E-state index is 10.2. The molecule has 0 aliphatic rings. The van der Waals surface area contributed by atoms with Gasteiger partial charge in [0.05, 0.1) is 19.0 Å². The number of hydrogen-bond donors (Lipinski definition) is 1. The van der Waals surface area contributed by atoms with Crippen LogP contribution >= 0.6 is 0 Å². The molecule has 23 heavy (non-hydrogen) atoms. The van der Waals surface area contributed by atoms with Crippen LogP contribution in [-0.4, -0.2) is 18.0 Å². The summed E-state index contributed by atoms with van der Waals surface area (Å²) in [5.41, 5.74) is 2.18. The van der Waals surface area contributed by atoms with Gasteiger partial charge in [-0.15, -0.1) is 0 Å². The quantitative estimate of drug-likeness (QED) is 0.333.